The molecule has 0 atom stereocenters. The Hall–Kier alpha value is -2.37. The van der Waals surface area contributed by atoms with Crippen LogP contribution < -0.4 is 14.2 Å². The second-order valence-corrected chi connectivity index (χ2v) is 7.69. The van der Waals surface area contributed by atoms with E-state index in [1.165, 1.54) is 6.07 Å². The van der Waals surface area contributed by atoms with Gasteiger partial charge in [0.15, 0.2) is 5.75 Å². The molecule has 0 spiro atoms. The second-order valence-electron chi connectivity index (χ2n) is 6.40. The van der Waals surface area contributed by atoms with Crippen molar-refractivity contribution in [2.24, 2.45) is 0 Å². The lowest BCUT2D eigenvalue weighted by atomic mass is 10.2. The van der Waals surface area contributed by atoms with Gasteiger partial charge in [0.1, 0.15) is 18.1 Å². The normalized spacial score (nSPS) is 10.6. The van der Waals surface area contributed by atoms with Gasteiger partial charge in [-0.15, -0.1) is 0 Å². The minimum atomic E-state index is -0.259. The first-order chi connectivity index (χ1) is 14.1. The zero-order valence-electron chi connectivity index (χ0n) is 16.0. The van der Waals surface area contributed by atoms with Gasteiger partial charge in [-0.25, -0.2) is 0 Å². The van der Waals surface area contributed by atoms with Crippen molar-refractivity contribution in [1.29, 1.82) is 0 Å². The summed E-state index contributed by atoms with van der Waals surface area (Å²) in [7, 11) is 0. The number of halogens is 2. The predicted molar refractivity (Wildman–Crippen MR) is 117 cm³/mol. The summed E-state index contributed by atoms with van der Waals surface area (Å²) in [6.07, 6.45) is 2.09. The maximum absolute atomic E-state index is 12.4. The number of hydrogen-bond acceptors (Lipinski definition) is 3. The average molecular weight is 477 g/mol. The first-order valence-electron chi connectivity index (χ1n) is 9.34. The van der Waals surface area contributed by atoms with E-state index in [2.05, 4.69) is 22.9 Å². The van der Waals surface area contributed by atoms with Gasteiger partial charge < -0.3 is 14.2 Å². The molecule has 0 saturated carbocycles. The Morgan fingerprint density at radius 2 is 1.69 bits per heavy atom. The molecule has 0 aliphatic heterocycles. The van der Waals surface area contributed by atoms with Crippen molar-refractivity contribution in [2.45, 2.75) is 26.4 Å². The lowest BCUT2D eigenvalue weighted by Gasteiger charge is -2.15. The molecule has 0 N–H and O–H groups in total. The fourth-order valence-electron chi connectivity index (χ4n) is 2.59. The highest BCUT2D eigenvalue weighted by Gasteiger charge is 2.18. The van der Waals surface area contributed by atoms with E-state index in [1.54, 1.807) is 30.3 Å². The highest BCUT2D eigenvalue weighted by molar-refractivity contribution is 9.10. The Balaban J connectivity index is 1.75. The van der Waals surface area contributed by atoms with Gasteiger partial charge in [0, 0.05) is 5.02 Å². The van der Waals surface area contributed by atoms with Crippen molar-refractivity contribution >= 4 is 27.5 Å². The van der Waals surface area contributed by atoms with Gasteiger partial charge in [0.2, 0.25) is 11.5 Å². The minimum Gasteiger partial charge on any atom is -0.494 e. The van der Waals surface area contributed by atoms with Crippen LogP contribution in [0.3, 0.4) is 0 Å². The Morgan fingerprint density at radius 1 is 0.931 bits per heavy atom. The fourth-order valence-corrected chi connectivity index (χ4v) is 3.20. The summed E-state index contributed by atoms with van der Waals surface area (Å²) >= 11 is 9.46. The Labute approximate surface area is 184 Å². The Morgan fingerprint density at radius 3 is 2.41 bits per heavy atom. The number of benzene rings is 3. The van der Waals surface area contributed by atoms with Crippen LogP contribution in [0.2, 0.25) is 5.02 Å². The quantitative estimate of drug-likeness (QED) is 0.296. The van der Waals surface area contributed by atoms with Crippen LogP contribution in [0.4, 0.5) is 0 Å². The van der Waals surface area contributed by atoms with E-state index in [-0.39, 0.29) is 18.1 Å². The summed E-state index contributed by atoms with van der Waals surface area (Å²) in [6, 6.07) is 17.7. The van der Waals surface area contributed by atoms with E-state index in [9.17, 15) is 5.11 Å². The van der Waals surface area contributed by atoms with Crippen LogP contribution in [0.5, 0.6) is 28.7 Å². The Bertz CT molecular complexity index is 944. The molecule has 3 aromatic carbocycles. The minimum absolute atomic E-state index is 0.141. The molecule has 6 heteroatoms. The van der Waals surface area contributed by atoms with E-state index in [4.69, 9.17) is 25.8 Å². The van der Waals surface area contributed by atoms with E-state index in [1.807, 2.05) is 24.3 Å². The van der Waals surface area contributed by atoms with Crippen molar-refractivity contribution in [3.63, 3.8) is 0 Å². The van der Waals surface area contributed by atoms with E-state index < -0.39 is 0 Å². The first-order valence-corrected chi connectivity index (χ1v) is 10.5. The van der Waals surface area contributed by atoms with Gasteiger partial charge >= 0.3 is 0 Å². The predicted octanol–water partition coefficient (Wildman–Crippen LogP) is 7.80. The largest absolute Gasteiger partial charge is 0.494 e. The Kier molecular flexibility index (Phi) is 7.67. The summed E-state index contributed by atoms with van der Waals surface area (Å²) in [4.78, 5) is 0. The third-order valence-electron chi connectivity index (χ3n) is 4.11. The third-order valence-corrected chi connectivity index (χ3v) is 4.97. The SMILES string of the molecule is CCCCOc1ccc(Oc2c(Br)ccc([O])c2OCc2cccc(Cl)c2)cc1. The molecule has 0 heterocycles. The molecule has 0 saturated heterocycles. The molecule has 0 aliphatic carbocycles. The van der Waals surface area contributed by atoms with E-state index >= 15 is 0 Å². The van der Waals surface area contributed by atoms with Crippen molar-refractivity contribution < 1.29 is 19.3 Å². The van der Waals surface area contributed by atoms with Crippen LogP contribution in [0, 0.1) is 0 Å². The second kappa shape index (κ2) is 10.4. The van der Waals surface area contributed by atoms with Crippen LogP contribution in [0.1, 0.15) is 25.3 Å². The van der Waals surface area contributed by atoms with Gasteiger partial charge in [0.05, 0.1) is 11.1 Å². The summed E-state index contributed by atoms with van der Waals surface area (Å²) in [6.45, 7) is 3.00. The summed E-state index contributed by atoms with van der Waals surface area (Å²) in [5, 5.41) is 13.0. The molecule has 1 radical (unpaired) electrons. The summed E-state index contributed by atoms with van der Waals surface area (Å²) in [5.74, 6) is 1.57. The smallest absolute Gasteiger partial charge is 0.224 e. The topological polar surface area (TPSA) is 47.6 Å². The lowest BCUT2D eigenvalue weighted by Crippen LogP contribution is -1.99. The zero-order chi connectivity index (χ0) is 20.6. The molecule has 0 unspecified atom stereocenters. The third kappa shape index (κ3) is 6.05. The molecular weight excluding hydrogens is 456 g/mol. The number of ether oxygens (including phenoxy) is 3. The zero-order valence-corrected chi connectivity index (χ0v) is 18.3. The monoisotopic (exact) mass is 475 g/mol. The molecule has 0 fully saturated rings. The molecule has 4 nitrogen and oxygen atoms in total. The van der Waals surface area contributed by atoms with Crippen LogP contribution in [-0.2, 0) is 11.7 Å². The molecule has 0 aliphatic rings. The highest BCUT2D eigenvalue weighted by atomic mass is 79.9. The number of rotatable bonds is 9. The molecule has 0 aromatic heterocycles. The van der Waals surface area contributed by atoms with Gasteiger partial charge in [-0.3, -0.25) is 5.11 Å². The molecule has 0 amide bonds. The van der Waals surface area contributed by atoms with Crippen LogP contribution in [0.25, 0.3) is 0 Å². The number of hydrogen-bond donors (Lipinski definition) is 0. The molecule has 3 rings (SSSR count). The van der Waals surface area contributed by atoms with Gasteiger partial charge in [-0.05, 0) is 76.4 Å². The van der Waals surface area contributed by atoms with Gasteiger partial charge in [-0.1, -0.05) is 37.1 Å². The summed E-state index contributed by atoms with van der Waals surface area (Å²) < 4.78 is 18.1. The van der Waals surface area contributed by atoms with Crippen molar-refractivity contribution in [3.05, 3.63) is 75.7 Å². The van der Waals surface area contributed by atoms with E-state index in [0.29, 0.717) is 27.6 Å². The molecule has 29 heavy (non-hydrogen) atoms. The van der Waals surface area contributed by atoms with Crippen LogP contribution in [0.15, 0.2) is 65.1 Å². The van der Waals surface area contributed by atoms with E-state index in [0.717, 1.165) is 24.2 Å². The van der Waals surface area contributed by atoms with Crippen LogP contribution in [-0.4, -0.2) is 6.61 Å². The molecule has 151 valence electrons. The van der Waals surface area contributed by atoms with Crippen molar-refractivity contribution in [2.75, 3.05) is 6.61 Å². The van der Waals surface area contributed by atoms with Crippen molar-refractivity contribution in [1.82, 2.24) is 0 Å². The molecular formula is C23H21BrClO4. The van der Waals surface area contributed by atoms with Crippen molar-refractivity contribution in [3.8, 4) is 28.7 Å². The molecule has 3 aromatic rings. The fraction of sp³-hybridized carbons (Fsp3) is 0.217. The summed E-state index contributed by atoms with van der Waals surface area (Å²) in [5.41, 5.74) is 0.858. The van der Waals surface area contributed by atoms with Crippen LogP contribution >= 0.6 is 27.5 Å². The van der Waals surface area contributed by atoms with Gasteiger partial charge in [0.25, 0.3) is 0 Å². The maximum atomic E-state index is 12.4. The standard InChI is InChI=1S/C23H21BrClO4/c1-2-3-13-27-18-7-9-19(10-8-18)29-22-20(24)11-12-21(26)23(22)28-15-16-5-4-6-17(25)14-16/h4-12,14H,2-3,13,15H2,1H3. The number of unbranched alkanes of at least 4 members (excludes halogenated alkanes) is 1. The molecule has 0 bridgehead atoms. The average Bonchev–Trinajstić information content (AvgIpc) is 2.72. The lowest BCUT2D eigenvalue weighted by molar-refractivity contribution is 0.256. The first kappa shape index (κ1) is 21.3. The highest BCUT2D eigenvalue weighted by Crippen LogP contribution is 2.45. The van der Waals surface area contributed by atoms with Gasteiger partial charge in [-0.2, -0.15) is 0 Å². The maximum Gasteiger partial charge on any atom is 0.224 e.